The van der Waals surface area contributed by atoms with E-state index in [9.17, 15) is 9.90 Å². The number of piperidine rings is 1. The Bertz CT molecular complexity index is 692. The first-order valence-electron chi connectivity index (χ1n) is 6.21. The lowest BCUT2D eigenvalue weighted by atomic mass is 9.94. The number of aromatic nitrogens is 1. The van der Waals surface area contributed by atoms with E-state index in [0.29, 0.717) is 29.7 Å². The fourth-order valence-corrected chi connectivity index (χ4v) is 4.45. The maximum absolute atomic E-state index is 12.6. The third-order valence-electron chi connectivity index (χ3n) is 4.22. The highest BCUT2D eigenvalue weighted by Gasteiger charge is 2.71. The van der Waals surface area contributed by atoms with Crippen LogP contribution in [-0.4, -0.2) is 38.7 Å². The Kier molecular flexibility index (Phi) is 3.15. The molecule has 114 valence electrons. The molecule has 1 amide bonds. The lowest BCUT2D eigenvalue weighted by molar-refractivity contribution is -0.635. The summed E-state index contributed by atoms with van der Waals surface area (Å²) >= 11 is 6.88. The molecule has 1 spiro atoms. The Labute approximate surface area is 143 Å². The van der Waals surface area contributed by atoms with Crippen molar-refractivity contribution in [2.75, 3.05) is 6.54 Å². The highest BCUT2D eigenvalue weighted by atomic mass is 79.9. The van der Waals surface area contributed by atoms with Crippen molar-refractivity contribution >= 4 is 43.7 Å². The number of guanidine groups is 1. The maximum atomic E-state index is 12.6. The van der Waals surface area contributed by atoms with Gasteiger partial charge in [0.2, 0.25) is 0 Å². The molecule has 4 heterocycles. The number of carbonyl (C=O) groups is 1. The van der Waals surface area contributed by atoms with Crippen molar-refractivity contribution in [3.63, 3.8) is 0 Å². The lowest BCUT2D eigenvalue weighted by Gasteiger charge is -2.44. The summed E-state index contributed by atoms with van der Waals surface area (Å²) in [6.07, 6.45) is 1.20. The van der Waals surface area contributed by atoms with Gasteiger partial charge in [0.25, 0.3) is 11.6 Å². The molecule has 0 saturated carbocycles. The summed E-state index contributed by atoms with van der Waals surface area (Å²) in [6, 6.07) is 1.75. The average molecular weight is 442 g/mol. The van der Waals surface area contributed by atoms with Gasteiger partial charge in [-0.3, -0.25) is 20.0 Å². The molecule has 0 aromatic carbocycles. The van der Waals surface area contributed by atoms with Gasteiger partial charge in [0.15, 0.2) is 0 Å². The predicted molar refractivity (Wildman–Crippen MR) is 76.3 cm³/mol. The second-order valence-corrected chi connectivity index (χ2v) is 6.87. The minimum Gasteiger partial charge on any atom is -1.00 e. The largest absolute Gasteiger partial charge is 1.00 e. The average Bonchev–Trinajstić information content (AvgIpc) is 2.90. The van der Waals surface area contributed by atoms with Crippen LogP contribution in [0.25, 0.3) is 0 Å². The van der Waals surface area contributed by atoms with Crippen LogP contribution < -0.4 is 28.4 Å². The summed E-state index contributed by atoms with van der Waals surface area (Å²) in [5.74, 6) is -0.984. The van der Waals surface area contributed by atoms with Gasteiger partial charge in [-0.05, 0) is 44.3 Å². The summed E-state index contributed by atoms with van der Waals surface area (Å²) in [7, 11) is 0. The van der Waals surface area contributed by atoms with E-state index in [-0.39, 0.29) is 24.3 Å². The monoisotopic (exact) mass is 439 g/mol. The van der Waals surface area contributed by atoms with Crippen LogP contribution in [0.2, 0.25) is 0 Å². The predicted octanol–water partition coefficient (Wildman–Crippen LogP) is -4.44. The number of hydrogen-bond donors (Lipinski definition) is 4. The number of rotatable bonds is 0. The zero-order valence-electron chi connectivity index (χ0n) is 10.7. The van der Waals surface area contributed by atoms with Crippen molar-refractivity contribution in [2.45, 2.75) is 24.4 Å². The van der Waals surface area contributed by atoms with E-state index >= 15 is 0 Å². The second kappa shape index (κ2) is 4.37. The fourth-order valence-electron chi connectivity index (χ4n) is 3.49. The summed E-state index contributed by atoms with van der Waals surface area (Å²) in [5.41, 5.74) is 5.02. The zero-order chi connectivity index (χ0) is 14.3. The highest BCUT2D eigenvalue weighted by Crippen LogP contribution is 2.46. The molecule has 0 radical (unpaired) electrons. The van der Waals surface area contributed by atoms with Crippen LogP contribution in [-0.2, 0) is 5.79 Å². The first-order chi connectivity index (χ1) is 9.41. The van der Waals surface area contributed by atoms with Crippen molar-refractivity contribution < 1.29 is 27.3 Å². The number of carbonyl (C=O) groups excluding carboxylic acids is 1. The van der Waals surface area contributed by atoms with Gasteiger partial charge >= 0.3 is 11.7 Å². The van der Waals surface area contributed by atoms with Gasteiger partial charge in [0.1, 0.15) is 10.3 Å². The quantitative estimate of drug-likeness (QED) is 0.327. The number of hydrogen-bond acceptors (Lipinski definition) is 4. The Hall–Kier alpha value is -0.770. The Balaban J connectivity index is 0.00000132. The molecule has 3 aliphatic rings. The minimum atomic E-state index is -1.34. The van der Waals surface area contributed by atoms with E-state index in [0.717, 1.165) is 4.47 Å². The van der Waals surface area contributed by atoms with E-state index < -0.39 is 11.5 Å². The van der Waals surface area contributed by atoms with Gasteiger partial charge in [0.05, 0.1) is 4.47 Å². The van der Waals surface area contributed by atoms with Crippen LogP contribution in [0, 0.1) is 0 Å². The van der Waals surface area contributed by atoms with Crippen LogP contribution >= 0.6 is 31.9 Å². The van der Waals surface area contributed by atoms with E-state index in [1.807, 2.05) is 0 Å². The molecule has 1 saturated heterocycles. The number of nitrogens with two attached hydrogens (primary N) is 1. The van der Waals surface area contributed by atoms with Gasteiger partial charge in [-0.1, -0.05) is 0 Å². The van der Waals surface area contributed by atoms with Crippen molar-refractivity contribution in [3.05, 3.63) is 20.8 Å². The molecule has 10 heteroatoms. The number of aliphatic hydroxyl groups is 1. The first kappa shape index (κ1) is 15.1. The number of fused-ring (bicyclic) bond motifs is 1. The summed E-state index contributed by atoms with van der Waals surface area (Å²) in [4.78, 5) is 17.3. The number of amides is 1. The summed E-state index contributed by atoms with van der Waals surface area (Å²) < 4.78 is 3.20. The molecule has 4 rings (SSSR count). The maximum Gasteiger partial charge on any atom is 0.347 e. The normalized spacial score (nSPS) is 32.8. The minimum absolute atomic E-state index is 0. The van der Waals surface area contributed by atoms with Gasteiger partial charge in [0, 0.05) is 13.0 Å². The molecule has 1 fully saturated rings. The third-order valence-corrected chi connectivity index (χ3v) is 6.14. The van der Waals surface area contributed by atoms with Crippen LogP contribution in [0.5, 0.6) is 0 Å². The molecular weight excluding hydrogens is 429 g/mol. The topological polar surface area (TPSA) is 97.5 Å². The smallest absolute Gasteiger partial charge is 0.347 e. The lowest BCUT2D eigenvalue weighted by Crippen LogP contribution is -3.00. The van der Waals surface area contributed by atoms with Crippen LogP contribution in [0.15, 0.2) is 15.1 Å². The number of halogens is 3. The fraction of sp³-hybridized carbons (Fsp3) is 0.455. The van der Waals surface area contributed by atoms with Crippen molar-refractivity contribution in [1.82, 2.24) is 14.8 Å². The molecule has 21 heavy (non-hydrogen) atoms. The van der Waals surface area contributed by atoms with E-state index in [1.54, 1.807) is 15.5 Å². The van der Waals surface area contributed by atoms with E-state index in [4.69, 9.17) is 5.73 Å². The van der Waals surface area contributed by atoms with Crippen LogP contribution in [0.4, 0.5) is 0 Å². The van der Waals surface area contributed by atoms with Crippen LogP contribution in [0.3, 0.4) is 0 Å². The first-order valence-corrected chi connectivity index (χ1v) is 7.80. The molecule has 0 bridgehead atoms. The molecule has 0 unspecified atom stereocenters. The standard InChI is InChI=1S/C11H11Br2N5O2.ClH/c12-5-4-6-8(19)17-3-1-2-10(20)11(17,16-9(14)15-10)18(6)7(5)13;/h4,20H,1-3H2,(H3,14,15,16);1H/t10-,11+;/m1./s1. The van der Waals surface area contributed by atoms with E-state index in [2.05, 4.69) is 42.2 Å². The second-order valence-electron chi connectivity index (χ2n) is 5.26. The SMILES string of the molecule is NC1=[NH+][C@]23N(CCC[C@]2(O)N1)C(=O)c1cc(Br)c(Br)n13.[Cl-]. The number of nitrogens with one attached hydrogen (secondary N) is 2. The van der Waals surface area contributed by atoms with Gasteiger partial charge in [-0.25, -0.2) is 10.3 Å². The van der Waals surface area contributed by atoms with E-state index in [1.165, 1.54) is 0 Å². The molecule has 1 aromatic heterocycles. The summed E-state index contributed by atoms with van der Waals surface area (Å²) in [6.45, 7) is 0.564. The molecule has 0 aliphatic carbocycles. The summed E-state index contributed by atoms with van der Waals surface area (Å²) in [5, 5.41) is 13.9. The molecule has 3 aliphatic heterocycles. The Morgan fingerprint density at radius 2 is 2.19 bits per heavy atom. The van der Waals surface area contributed by atoms with Gasteiger partial charge < -0.3 is 17.5 Å². The molecular formula is C11H12Br2ClN5O2. The van der Waals surface area contributed by atoms with Gasteiger partial charge in [-0.2, -0.15) is 0 Å². The molecule has 2 atom stereocenters. The number of nitrogens with zero attached hydrogens (tertiary/aromatic N) is 2. The van der Waals surface area contributed by atoms with Crippen molar-refractivity contribution in [2.24, 2.45) is 5.73 Å². The zero-order valence-corrected chi connectivity index (χ0v) is 14.6. The van der Waals surface area contributed by atoms with Crippen molar-refractivity contribution in [1.29, 1.82) is 0 Å². The van der Waals surface area contributed by atoms with Crippen molar-refractivity contribution in [3.8, 4) is 0 Å². The highest BCUT2D eigenvalue weighted by molar-refractivity contribution is 9.13. The molecule has 7 nitrogen and oxygen atoms in total. The molecule has 5 N–H and O–H groups in total. The van der Waals surface area contributed by atoms with Crippen LogP contribution in [0.1, 0.15) is 23.3 Å². The third kappa shape index (κ3) is 1.52. The Morgan fingerprint density at radius 3 is 2.90 bits per heavy atom. The van der Waals surface area contributed by atoms with Gasteiger partial charge in [-0.15, -0.1) is 0 Å². The molecule has 1 aromatic rings. The Morgan fingerprint density at radius 1 is 1.48 bits per heavy atom.